The smallest absolute Gasteiger partial charge is 0.142 e. The van der Waals surface area contributed by atoms with Crippen LogP contribution >= 0.6 is 0 Å². The Morgan fingerprint density at radius 2 is 2.00 bits per heavy atom. The lowest BCUT2D eigenvalue weighted by atomic mass is 10.0. The molecule has 2 rings (SSSR count). The lowest BCUT2D eigenvalue weighted by Gasteiger charge is -2.17. The molecule has 0 spiro atoms. The summed E-state index contributed by atoms with van der Waals surface area (Å²) < 4.78 is 0. The number of nitrogen functional groups attached to an aromatic ring is 1. The first-order chi connectivity index (χ1) is 8.28. The number of aromatic nitrogens is 1. The van der Waals surface area contributed by atoms with Gasteiger partial charge in [0, 0.05) is 6.04 Å². The van der Waals surface area contributed by atoms with E-state index in [1.165, 1.54) is 32.1 Å². The highest BCUT2D eigenvalue weighted by Gasteiger charge is 2.16. The molecule has 1 aromatic heterocycles. The van der Waals surface area contributed by atoms with Crippen LogP contribution in [-0.2, 0) is 0 Å². The zero-order valence-electron chi connectivity index (χ0n) is 10.4. The summed E-state index contributed by atoms with van der Waals surface area (Å²) in [6, 6.07) is 6.37. The minimum Gasteiger partial charge on any atom is -0.367 e. The number of rotatable bonds is 3. The van der Waals surface area contributed by atoms with Crippen molar-refractivity contribution in [3.8, 4) is 0 Å². The SMILES string of the molecule is CC1CCCC(Nc2cccc(NN)n2)CC1. The maximum atomic E-state index is 5.35. The van der Waals surface area contributed by atoms with Gasteiger partial charge in [0.15, 0.2) is 0 Å². The van der Waals surface area contributed by atoms with Crippen LogP contribution in [0.15, 0.2) is 18.2 Å². The van der Waals surface area contributed by atoms with Crippen LogP contribution in [0, 0.1) is 5.92 Å². The zero-order valence-corrected chi connectivity index (χ0v) is 10.4. The summed E-state index contributed by atoms with van der Waals surface area (Å²) in [6.07, 6.45) is 6.46. The molecule has 4 heteroatoms. The number of anilines is 2. The van der Waals surface area contributed by atoms with Crippen molar-refractivity contribution in [2.45, 2.75) is 45.1 Å². The van der Waals surface area contributed by atoms with E-state index in [9.17, 15) is 0 Å². The van der Waals surface area contributed by atoms with Crippen LogP contribution in [0.2, 0.25) is 0 Å². The lowest BCUT2D eigenvalue weighted by molar-refractivity contribution is 0.502. The summed E-state index contributed by atoms with van der Waals surface area (Å²) in [4.78, 5) is 4.39. The first-order valence-corrected chi connectivity index (χ1v) is 6.48. The molecule has 0 amide bonds. The molecule has 1 heterocycles. The number of nitrogens with two attached hydrogens (primary N) is 1. The van der Waals surface area contributed by atoms with Crippen molar-refractivity contribution in [3.05, 3.63) is 18.2 Å². The molecule has 1 aromatic rings. The molecule has 1 saturated carbocycles. The predicted molar refractivity (Wildman–Crippen MR) is 71.7 cm³/mol. The second-order valence-electron chi connectivity index (χ2n) is 5.01. The average Bonchev–Trinajstić information content (AvgIpc) is 2.55. The van der Waals surface area contributed by atoms with Crippen LogP contribution < -0.4 is 16.6 Å². The summed E-state index contributed by atoms with van der Waals surface area (Å²) in [7, 11) is 0. The molecule has 4 nitrogen and oxygen atoms in total. The number of pyridine rings is 1. The van der Waals surface area contributed by atoms with E-state index < -0.39 is 0 Å². The second kappa shape index (κ2) is 5.87. The molecular formula is C13H22N4. The van der Waals surface area contributed by atoms with Gasteiger partial charge in [-0.3, -0.25) is 0 Å². The summed E-state index contributed by atoms with van der Waals surface area (Å²) in [6.45, 7) is 2.35. The molecule has 94 valence electrons. The molecular weight excluding hydrogens is 212 g/mol. The van der Waals surface area contributed by atoms with E-state index in [-0.39, 0.29) is 0 Å². The Morgan fingerprint density at radius 1 is 1.18 bits per heavy atom. The molecule has 0 saturated heterocycles. The van der Waals surface area contributed by atoms with Crippen molar-refractivity contribution in [3.63, 3.8) is 0 Å². The van der Waals surface area contributed by atoms with E-state index in [4.69, 9.17) is 5.84 Å². The van der Waals surface area contributed by atoms with Crippen LogP contribution in [0.25, 0.3) is 0 Å². The van der Waals surface area contributed by atoms with Crippen molar-refractivity contribution in [2.75, 3.05) is 10.7 Å². The number of nitrogens with one attached hydrogen (secondary N) is 2. The molecule has 2 unspecified atom stereocenters. The molecule has 0 aromatic carbocycles. The normalized spacial score (nSPS) is 25.1. The van der Waals surface area contributed by atoms with Crippen molar-refractivity contribution in [1.29, 1.82) is 0 Å². The monoisotopic (exact) mass is 234 g/mol. The fourth-order valence-electron chi connectivity index (χ4n) is 2.44. The molecule has 4 N–H and O–H groups in total. The number of nitrogens with zero attached hydrogens (tertiary/aromatic N) is 1. The van der Waals surface area contributed by atoms with E-state index in [2.05, 4.69) is 22.7 Å². The Labute approximate surface area is 103 Å². The predicted octanol–water partition coefficient (Wildman–Crippen LogP) is 2.75. The van der Waals surface area contributed by atoms with E-state index in [1.807, 2.05) is 18.2 Å². The summed E-state index contributed by atoms with van der Waals surface area (Å²) in [5.74, 6) is 7.84. The topological polar surface area (TPSA) is 63.0 Å². The molecule has 0 bridgehead atoms. The Hall–Kier alpha value is -1.29. The summed E-state index contributed by atoms with van der Waals surface area (Å²) in [5.41, 5.74) is 2.57. The molecule has 0 radical (unpaired) electrons. The molecule has 1 aliphatic carbocycles. The highest BCUT2D eigenvalue weighted by molar-refractivity contribution is 5.44. The van der Waals surface area contributed by atoms with Gasteiger partial charge in [0.2, 0.25) is 0 Å². The van der Waals surface area contributed by atoms with E-state index >= 15 is 0 Å². The molecule has 17 heavy (non-hydrogen) atoms. The van der Waals surface area contributed by atoms with E-state index in [1.54, 1.807) is 0 Å². The van der Waals surface area contributed by atoms with Crippen LogP contribution in [0.1, 0.15) is 39.0 Å². The van der Waals surface area contributed by atoms with Gasteiger partial charge in [-0.15, -0.1) is 0 Å². The number of hydrazine groups is 1. The largest absolute Gasteiger partial charge is 0.367 e. The van der Waals surface area contributed by atoms with Crippen molar-refractivity contribution in [2.24, 2.45) is 11.8 Å². The Morgan fingerprint density at radius 3 is 2.82 bits per heavy atom. The molecule has 0 aliphatic heterocycles. The first-order valence-electron chi connectivity index (χ1n) is 6.48. The highest BCUT2D eigenvalue weighted by atomic mass is 15.3. The Kier molecular flexibility index (Phi) is 4.20. The molecule has 1 fully saturated rings. The van der Waals surface area contributed by atoms with Crippen LogP contribution in [-0.4, -0.2) is 11.0 Å². The lowest BCUT2D eigenvalue weighted by Crippen LogP contribution is -2.19. The zero-order chi connectivity index (χ0) is 12.1. The van der Waals surface area contributed by atoms with Gasteiger partial charge in [-0.25, -0.2) is 10.8 Å². The van der Waals surface area contributed by atoms with Crippen LogP contribution in [0.3, 0.4) is 0 Å². The van der Waals surface area contributed by atoms with Gasteiger partial charge >= 0.3 is 0 Å². The van der Waals surface area contributed by atoms with Gasteiger partial charge in [0.1, 0.15) is 11.6 Å². The fraction of sp³-hybridized carbons (Fsp3) is 0.615. The van der Waals surface area contributed by atoms with Gasteiger partial charge in [-0.1, -0.05) is 25.8 Å². The third-order valence-corrected chi connectivity index (χ3v) is 3.51. The van der Waals surface area contributed by atoms with Crippen molar-refractivity contribution in [1.82, 2.24) is 4.98 Å². The number of hydrogen-bond acceptors (Lipinski definition) is 4. The maximum absolute atomic E-state index is 5.35. The fourth-order valence-corrected chi connectivity index (χ4v) is 2.44. The second-order valence-corrected chi connectivity index (χ2v) is 5.01. The van der Waals surface area contributed by atoms with E-state index in [0.29, 0.717) is 11.9 Å². The molecule has 1 aliphatic rings. The standard InChI is InChI=1S/C13H22N4/c1-10-4-2-5-11(9-8-10)15-12-6-3-7-13(16-12)17-14/h3,6-7,10-11H,2,4-5,8-9,14H2,1H3,(H2,15,16,17). The Balaban J connectivity index is 1.94. The minimum atomic E-state index is 0.556. The highest BCUT2D eigenvalue weighted by Crippen LogP contribution is 2.24. The quantitative estimate of drug-likeness (QED) is 0.427. The summed E-state index contributed by atoms with van der Waals surface area (Å²) in [5, 5.41) is 3.51. The van der Waals surface area contributed by atoms with Gasteiger partial charge in [-0.2, -0.15) is 0 Å². The molecule has 2 atom stereocenters. The van der Waals surface area contributed by atoms with Gasteiger partial charge < -0.3 is 10.7 Å². The minimum absolute atomic E-state index is 0.556. The average molecular weight is 234 g/mol. The van der Waals surface area contributed by atoms with Crippen LogP contribution in [0.5, 0.6) is 0 Å². The third-order valence-electron chi connectivity index (χ3n) is 3.51. The van der Waals surface area contributed by atoms with Gasteiger partial charge in [0.05, 0.1) is 0 Å². The van der Waals surface area contributed by atoms with Crippen molar-refractivity contribution < 1.29 is 0 Å². The third kappa shape index (κ3) is 3.60. The van der Waals surface area contributed by atoms with Gasteiger partial charge in [-0.05, 0) is 37.3 Å². The first kappa shape index (κ1) is 12.2. The van der Waals surface area contributed by atoms with Gasteiger partial charge in [0.25, 0.3) is 0 Å². The maximum Gasteiger partial charge on any atom is 0.142 e. The van der Waals surface area contributed by atoms with Crippen LogP contribution in [0.4, 0.5) is 11.6 Å². The van der Waals surface area contributed by atoms with Crippen molar-refractivity contribution >= 4 is 11.6 Å². The Bertz CT molecular complexity index is 353. The van der Waals surface area contributed by atoms with E-state index in [0.717, 1.165) is 11.7 Å². The number of hydrogen-bond donors (Lipinski definition) is 3. The summed E-state index contributed by atoms with van der Waals surface area (Å²) >= 11 is 0.